The van der Waals surface area contributed by atoms with Gasteiger partial charge < -0.3 is 5.32 Å². The number of aryl methyl sites for hydroxylation is 1. The van der Waals surface area contributed by atoms with Gasteiger partial charge in [-0.1, -0.05) is 0 Å². The molecule has 1 aliphatic heterocycles. The van der Waals surface area contributed by atoms with Gasteiger partial charge in [0.25, 0.3) is 0 Å². The van der Waals surface area contributed by atoms with E-state index >= 15 is 0 Å². The van der Waals surface area contributed by atoms with E-state index in [1.807, 2.05) is 11.8 Å². The fraction of sp³-hybridized carbons (Fsp3) is 0.538. The van der Waals surface area contributed by atoms with E-state index in [1.54, 1.807) is 6.92 Å². The highest BCUT2D eigenvalue weighted by molar-refractivity contribution is 7.99. The summed E-state index contributed by atoms with van der Waals surface area (Å²) in [5, 5.41) is 3.02. The van der Waals surface area contributed by atoms with Crippen molar-refractivity contribution in [2.75, 3.05) is 23.4 Å². The van der Waals surface area contributed by atoms with Crippen LogP contribution in [0.2, 0.25) is 0 Å². The van der Waals surface area contributed by atoms with Crippen molar-refractivity contribution in [2.45, 2.75) is 19.8 Å². The normalized spacial score (nSPS) is 20.3. The van der Waals surface area contributed by atoms with Crippen molar-refractivity contribution in [1.29, 1.82) is 0 Å². The zero-order valence-corrected chi connectivity index (χ0v) is 10.7. The van der Waals surface area contributed by atoms with Crippen molar-refractivity contribution < 1.29 is 8.78 Å². The molecular formula is C13H17F2NS. The summed E-state index contributed by atoms with van der Waals surface area (Å²) < 4.78 is 26.9. The van der Waals surface area contributed by atoms with Gasteiger partial charge in [0, 0.05) is 12.6 Å². The number of rotatable bonds is 3. The van der Waals surface area contributed by atoms with Crippen LogP contribution >= 0.6 is 11.8 Å². The van der Waals surface area contributed by atoms with Crippen molar-refractivity contribution in [2.24, 2.45) is 5.92 Å². The van der Waals surface area contributed by atoms with Gasteiger partial charge in [-0.05, 0) is 48.8 Å². The summed E-state index contributed by atoms with van der Waals surface area (Å²) in [6.45, 7) is 2.30. The van der Waals surface area contributed by atoms with Crippen LogP contribution in [0.5, 0.6) is 0 Å². The maximum atomic E-state index is 13.6. The van der Waals surface area contributed by atoms with E-state index in [1.165, 1.54) is 30.7 Å². The minimum absolute atomic E-state index is 0.281. The predicted molar refractivity (Wildman–Crippen MR) is 69.6 cm³/mol. The summed E-state index contributed by atoms with van der Waals surface area (Å²) >= 11 is 1.94. The molecule has 2 rings (SSSR count). The van der Waals surface area contributed by atoms with Crippen molar-refractivity contribution in [3.8, 4) is 0 Å². The van der Waals surface area contributed by atoms with Gasteiger partial charge in [-0.2, -0.15) is 11.8 Å². The zero-order chi connectivity index (χ0) is 12.3. The van der Waals surface area contributed by atoms with Gasteiger partial charge in [-0.3, -0.25) is 0 Å². The summed E-state index contributed by atoms with van der Waals surface area (Å²) in [5.74, 6) is 2.18. The molecule has 0 saturated carbocycles. The maximum Gasteiger partial charge on any atom is 0.146 e. The van der Waals surface area contributed by atoms with E-state index < -0.39 is 0 Å². The topological polar surface area (TPSA) is 12.0 Å². The third-order valence-electron chi connectivity index (χ3n) is 3.08. The van der Waals surface area contributed by atoms with Crippen LogP contribution in [-0.4, -0.2) is 18.1 Å². The van der Waals surface area contributed by atoms with Crippen molar-refractivity contribution in [3.05, 3.63) is 29.3 Å². The molecule has 17 heavy (non-hydrogen) atoms. The van der Waals surface area contributed by atoms with E-state index in [2.05, 4.69) is 5.32 Å². The second-order valence-electron chi connectivity index (χ2n) is 4.55. The first-order chi connectivity index (χ1) is 8.16. The quantitative estimate of drug-likeness (QED) is 0.883. The Balaban J connectivity index is 1.96. The van der Waals surface area contributed by atoms with Crippen LogP contribution in [0.1, 0.15) is 18.4 Å². The highest BCUT2D eigenvalue weighted by Gasteiger charge is 2.14. The van der Waals surface area contributed by atoms with Crippen molar-refractivity contribution >= 4 is 17.4 Å². The molecule has 0 amide bonds. The average molecular weight is 257 g/mol. The zero-order valence-electron chi connectivity index (χ0n) is 9.93. The lowest BCUT2D eigenvalue weighted by molar-refractivity contribution is 0.544. The largest absolute Gasteiger partial charge is 0.382 e. The first kappa shape index (κ1) is 12.7. The van der Waals surface area contributed by atoms with Crippen LogP contribution < -0.4 is 5.32 Å². The van der Waals surface area contributed by atoms with Crippen LogP contribution in [0.15, 0.2) is 12.1 Å². The van der Waals surface area contributed by atoms with Crippen LogP contribution in [0.4, 0.5) is 14.5 Å². The Kier molecular flexibility index (Phi) is 4.26. The molecule has 1 unspecified atom stereocenters. The monoisotopic (exact) mass is 257 g/mol. The molecule has 1 aliphatic rings. The summed E-state index contributed by atoms with van der Waals surface area (Å²) in [4.78, 5) is 0. The van der Waals surface area contributed by atoms with Crippen LogP contribution in [-0.2, 0) is 0 Å². The molecule has 1 aromatic carbocycles. The Morgan fingerprint density at radius 2 is 2.18 bits per heavy atom. The van der Waals surface area contributed by atoms with E-state index in [9.17, 15) is 8.78 Å². The molecule has 1 heterocycles. The lowest BCUT2D eigenvalue weighted by Gasteiger charge is -2.22. The lowest BCUT2D eigenvalue weighted by atomic mass is 10.1. The molecule has 1 aromatic rings. The predicted octanol–water partition coefficient (Wildman–Crippen LogP) is 3.83. The fourth-order valence-electron chi connectivity index (χ4n) is 2.00. The molecule has 0 spiro atoms. The minimum atomic E-state index is -0.368. The van der Waals surface area contributed by atoms with Crippen LogP contribution in [0.3, 0.4) is 0 Å². The van der Waals surface area contributed by atoms with Crippen LogP contribution in [0, 0.1) is 24.5 Å². The second kappa shape index (κ2) is 5.71. The molecule has 1 fully saturated rings. The van der Waals surface area contributed by atoms with Gasteiger partial charge in [0.2, 0.25) is 0 Å². The Labute approximate surface area is 105 Å². The molecule has 1 N–H and O–H groups in total. The molecular weight excluding hydrogens is 240 g/mol. The SMILES string of the molecule is Cc1cc(F)c(NCC2CCCSC2)cc1F. The third-order valence-corrected chi connectivity index (χ3v) is 4.37. The van der Waals surface area contributed by atoms with Gasteiger partial charge in [0.15, 0.2) is 0 Å². The maximum absolute atomic E-state index is 13.6. The molecule has 94 valence electrons. The first-order valence-corrected chi connectivity index (χ1v) is 7.09. The number of halogens is 2. The number of thioether (sulfide) groups is 1. The number of nitrogens with one attached hydrogen (secondary N) is 1. The van der Waals surface area contributed by atoms with Crippen molar-refractivity contribution in [1.82, 2.24) is 0 Å². The molecule has 1 atom stereocenters. The molecule has 0 bridgehead atoms. The number of hydrogen-bond acceptors (Lipinski definition) is 2. The molecule has 0 aliphatic carbocycles. The van der Waals surface area contributed by atoms with Gasteiger partial charge in [-0.15, -0.1) is 0 Å². The Morgan fingerprint density at radius 3 is 2.88 bits per heavy atom. The minimum Gasteiger partial charge on any atom is -0.382 e. The van der Waals surface area contributed by atoms with Gasteiger partial charge in [0.05, 0.1) is 5.69 Å². The van der Waals surface area contributed by atoms with E-state index in [0.717, 1.165) is 12.3 Å². The molecule has 1 nitrogen and oxygen atoms in total. The first-order valence-electron chi connectivity index (χ1n) is 5.94. The average Bonchev–Trinajstić information content (AvgIpc) is 2.33. The highest BCUT2D eigenvalue weighted by atomic mass is 32.2. The van der Waals surface area contributed by atoms with Gasteiger partial charge >= 0.3 is 0 Å². The Morgan fingerprint density at radius 1 is 1.35 bits per heavy atom. The smallest absolute Gasteiger partial charge is 0.146 e. The Bertz CT molecular complexity index is 389. The summed E-state index contributed by atoms with van der Waals surface area (Å²) in [5.41, 5.74) is 0.630. The molecule has 0 radical (unpaired) electrons. The van der Waals surface area contributed by atoms with E-state index in [-0.39, 0.29) is 17.3 Å². The summed E-state index contributed by atoms with van der Waals surface area (Å²) in [6, 6.07) is 2.49. The highest BCUT2D eigenvalue weighted by Crippen LogP contribution is 2.24. The number of hydrogen-bond donors (Lipinski definition) is 1. The van der Waals surface area contributed by atoms with Crippen molar-refractivity contribution in [3.63, 3.8) is 0 Å². The Hall–Kier alpha value is -0.770. The fourth-order valence-corrected chi connectivity index (χ4v) is 3.16. The molecule has 4 heteroatoms. The van der Waals surface area contributed by atoms with E-state index in [4.69, 9.17) is 0 Å². The van der Waals surface area contributed by atoms with E-state index in [0.29, 0.717) is 11.5 Å². The summed E-state index contributed by atoms with van der Waals surface area (Å²) in [6.07, 6.45) is 2.40. The van der Waals surface area contributed by atoms with Gasteiger partial charge in [0.1, 0.15) is 11.6 Å². The standard InChI is InChI=1S/C13H17F2NS/c1-9-5-12(15)13(6-11(9)14)16-7-10-3-2-4-17-8-10/h5-6,10,16H,2-4,7-8H2,1H3. The number of anilines is 1. The second-order valence-corrected chi connectivity index (χ2v) is 5.70. The molecule has 1 saturated heterocycles. The molecule has 0 aromatic heterocycles. The van der Waals surface area contributed by atoms with Gasteiger partial charge in [-0.25, -0.2) is 8.78 Å². The lowest BCUT2D eigenvalue weighted by Crippen LogP contribution is -2.20. The number of benzene rings is 1. The van der Waals surface area contributed by atoms with Crippen LogP contribution in [0.25, 0.3) is 0 Å². The summed E-state index contributed by atoms with van der Waals surface area (Å²) in [7, 11) is 0. The third kappa shape index (κ3) is 3.35.